The van der Waals surface area contributed by atoms with E-state index in [4.69, 9.17) is 0 Å². The molecule has 62 valence electrons. The lowest BCUT2D eigenvalue weighted by Crippen LogP contribution is -2.33. The minimum absolute atomic E-state index is 0.200. The Balaban J connectivity index is 3.15. The summed E-state index contributed by atoms with van der Waals surface area (Å²) in [6, 6.07) is 0. The maximum atomic E-state index is 2.27. The van der Waals surface area contributed by atoms with Gasteiger partial charge in [0, 0.05) is 6.92 Å². The SMILES string of the molecule is Cc1n(C(C)(C)C)cc[n+]1C. The number of aryl methyl sites for hydroxylation is 1. The second-order valence-corrected chi connectivity index (χ2v) is 4.00. The molecule has 0 spiro atoms. The van der Waals surface area contributed by atoms with Gasteiger partial charge in [-0.05, 0) is 20.8 Å². The van der Waals surface area contributed by atoms with Crippen LogP contribution in [0.2, 0.25) is 0 Å². The number of nitrogens with zero attached hydrogens (tertiary/aromatic N) is 2. The first-order chi connectivity index (χ1) is 4.93. The largest absolute Gasteiger partial charge is 0.253 e. The molecule has 2 heteroatoms. The zero-order valence-corrected chi connectivity index (χ0v) is 8.05. The van der Waals surface area contributed by atoms with Gasteiger partial charge in [0.25, 0.3) is 5.82 Å². The Morgan fingerprint density at radius 2 is 1.91 bits per heavy atom. The molecule has 0 unspecified atom stereocenters. The van der Waals surface area contributed by atoms with Gasteiger partial charge < -0.3 is 0 Å². The molecule has 0 amide bonds. The lowest BCUT2D eigenvalue weighted by Gasteiger charge is -2.15. The van der Waals surface area contributed by atoms with Crippen LogP contribution in [-0.4, -0.2) is 4.57 Å². The van der Waals surface area contributed by atoms with Gasteiger partial charge in [-0.3, -0.25) is 0 Å². The Hall–Kier alpha value is -0.790. The lowest BCUT2D eigenvalue weighted by molar-refractivity contribution is -0.677. The summed E-state index contributed by atoms with van der Waals surface area (Å²) in [7, 11) is 2.07. The lowest BCUT2D eigenvalue weighted by atomic mass is 10.1. The monoisotopic (exact) mass is 153 g/mol. The molecular weight excluding hydrogens is 136 g/mol. The predicted molar refractivity (Wildman–Crippen MR) is 45.3 cm³/mol. The second-order valence-electron chi connectivity index (χ2n) is 4.00. The number of rotatable bonds is 0. The molecule has 0 bridgehead atoms. The van der Waals surface area contributed by atoms with Crippen LogP contribution in [0.25, 0.3) is 0 Å². The van der Waals surface area contributed by atoms with Crippen molar-refractivity contribution in [3.63, 3.8) is 0 Å². The summed E-state index contributed by atoms with van der Waals surface area (Å²) < 4.78 is 4.40. The molecule has 0 atom stereocenters. The average molecular weight is 153 g/mol. The molecule has 0 radical (unpaired) electrons. The number of aromatic nitrogens is 2. The van der Waals surface area contributed by atoms with Crippen molar-refractivity contribution < 1.29 is 4.57 Å². The first kappa shape index (κ1) is 8.31. The van der Waals surface area contributed by atoms with Crippen molar-refractivity contribution in [3.05, 3.63) is 18.2 Å². The molecule has 0 N–H and O–H groups in total. The van der Waals surface area contributed by atoms with Gasteiger partial charge in [0.15, 0.2) is 0 Å². The zero-order chi connectivity index (χ0) is 8.65. The molecular formula is C9H17N2+. The van der Waals surface area contributed by atoms with Gasteiger partial charge in [-0.15, -0.1) is 0 Å². The summed E-state index contributed by atoms with van der Waals surface area (Å²) in [5.41, 5.74) is 0.200. The van der Waals surface area contributed by atoms with Crippen molar-refractivity contribution in [2.75, 3.05) is 0 Å². The third-order valence-electron chi connectivity index (χ3n) is 2.02. The highest BCUT2D eigenvalue weighted by Crippen LogP contribution is 2.13. The van der Waals surface area contributed by atoms with Crippen LogP contribution >= 0.6 is 0 Å². The quantitative estimate of drug-likeness (QED) is 0.498. The van der Waals surface area contributed by atoms with Gasteiger partial charge in [-0.2, -0.15) is 0 Å². The van der Waals surface area contributed by atoms with E-state index in [0.717, 1.165) is 0 Å². The highest BCUT2D eigenvalue weighted by atomic mass is 15.2. The minimum Gasteiger partial charge on any atom is -0.237 e. The molecule has 0 aliphatic carbocycles. The number of hydrogen-bond acceptors (Lipinski definition) is 0. The molecule has 11 heavy (non-hydrogen) atoms. The summed E-state index contributed by atoms with van der Waals surface area (Å²) in [5.74, 6) is 1.29. The van der Waals surface area contributed by atoms with Crippen molar-refractivity contribution in [3.8, 4) is 0 Å². The Morgan fingerprint density at radius 3 is 2.09 bits per heavy atom. The number of hydrogen-bond donors (Lipinski definition) is 0. The number of imidazole rings is 1. The van der Waals surface area contributed by atoms with E-state index in [1.54, 1.807) is 0 Å². The fourth-order valence-corrected chi connectivity index (χ4v) is 1.26. The van der Waals surface area contributed by atoms with Crippen LogP contribution in [0.5, 0.6) is 0 Å². The van der Waals surface area contributed by atoms with Crippen LogP contribution in [0.3, 0.4) is 0 Å². The van der Waals surface area contributed by atoms with Crippen LogP contribution in [-0.2, 0) is 12.6 Å². The third kappa shape index (κ3) is 1.44. The predicted octanol–water partition coefficient (Wildman–Crippen LogP) is 1.38. The van der Waals surface area contributed by atoms with E-state index in [1.165, 1.54) is 5.82 Å². The van der Waals surface area contributed by atoms with Crippen LogP contribution < -0.4 is 4.57 Å². The Bertz CT molecular complexity index is 253. The highest BCUT2D eigenvalue weighted by molar-refractivity contribution is 4.87. The molecule has 0 saturated carbocycles. The standard InChI is InChI=1S/C9H17N2/c1-8-10(5)6-7-11(8)9(2,3)4/h6-7H,1-5H3/q+1. The first-order valence-electron chi connectivity index (χ1n) is 3.97. The third-order valence-corrected chi connectivity index (χ3v) is 2.02. The summed E-state index contributed by atoms with van der Waals surface area (Å²) >= 11 is 0. The maximum absolute atomic E-state index is 2.27. The van der Waals surface area contributed by atoms with E-state index in [-0.39, 0.29) is 5.54 Å². The first-order valence-corrected chi connectivity index (χ1v) is 3.97. The van der Waals surface area contributed by atoms with Crippen molar-refractivity contribution in [2.24, 2.45) is 7.05 Å². The molecule has 1 heterocycles. The molecule has 1 rings (SSSR count). The average Bonchev–Trinajstić information content (AvgIpc) is 2.11. The normalized spacial score (nSPS) is 12.1. The molecule has 0 aliphatic heterocycles. The smallest absolute Gasteiger partial charge is 0.237 e. The Labute approximate surface area is 68.5 Å². The van der Waals surface area contributed by atoms with Crippen LogP contribution in [0.1, 0.15) is 26.6 Å². The van der Waals surface area contributed by atoms with Crippen molar-refractivity contribution in [2.45, 2.75) is 33.2 Å². The van der Waals surface area contributed by atoms with Gasteiger partial charge >= 0.3 is 0 Å². The summed E-state index contributed by atoms with van der Waals surface area (Å²) in [6.07, 6.45) is 4.20. The van der Waals surface area contributed by atoms with E-state index in [2.05, 4.69) is 56.3 Å². The molecule has 2 nitrogen and oxygen atoms in total. The van der Waals surface area contributed by atoms with Crippen LogP contribution in [0, 0.1) is 6.92 Å². The van der Waals surface area contributed by atoms with Crippen molar-refractivity contribution >= 4 is 0 Å². The van der Waals surface area contributed by atoms with Gasteiger partial charge in [0.1, 0.15) is 17.9 Å². The second kappa shape index (κ2) is 2.36. The molecule has 0 aliphatic rings. The Kier molecular flexibility index (Phi) is 1.78. The molecule has 0 saturated heterocycles. The van der Waals surface area contributed by atoms with Crippen molar-refractivity contribution in [1.29, 1.82) is 0 Å². The molecule has 1 aromatic rings. The van der Waals surface area contributed by atoms with E-state index in [1.807, 2.05) is 0 Å². The summed E-state index contributed by atoms with van der Waals surface area (Å²) in [4.78, 5) is 0. The van der Waals surface area contributed by atoms with Gasteiger partial charge in [-0.1, -0.05) is 0 Å². The highest BCUT2D eigenvalue weighted by Gasteiger charge is 2.22. The summed E-state index contributed by atoms with van der Waals surface area (Å²) in [6.45, 7) is 8.76. The van der Waals surface area contributed by atoms with Crippen molar-refractivity contribution in [1.82, 2.24) is 4.57 Å². The van der Waals surface area contributed by atoms with E-state index < -0.39 is 0 Å². The molecule has 0 aromatic carbocycles. The topological polar surface area (TPSA) is 8.81 Å². The van der Waals surface area contributed by atoms with Crippen LogP contribution in [0.15, 0.2) is 12.4 Å². The Morgan fingerprint density at radius 1 is 1.36 bits per heavy atom. The van der Waals surface area contributed by atoms with Gasteiger partial charge in [-0.25, -0.2) is 9.13 Å². The van der Waals surface area contributed by atoms with Gasteiger partial charge in [0.2, 0.25) is 0 Å². The fraction of sp³-hybridized carbons (Fsp3) is 0.667. The molecule has 1 aromatic heterocycles. The van der Waals surface area contributed by atoms with E-state index in [9.17, 15) is 0 Å². The van der Waals surface area contributed by atoms with E-state index >= 15 is 0 Å². The van der Waals surface area contributed by atoms with Gasteiger partial charge in [0.05, 0.1) is 7.05 Å². The zero-order valence-electron chi connectivity index (χ0n) is 8.05. The van der Waals surface area contributed by atoms with E-state index in [0.29, 0.717) is 0 Å². The molecule has 0 fully saturated rings. The maximum Gasteiger partial charge on any atom is 0.253 e. The minimum atomic E-state index is 0.200. The fourth-order valence-electron chi connectivity index (χ4n) is 1.26. The van der Waals surface area contributed by atoms with Crippen LogP contribution in [0.4, 0.5) is 0 Å². The summed E-state index contributed by atoms with van der Waals surface area (Å²) in [5, 5.41) is 0.